The number of nitrogens with zero attached hydrogens (tertiary/aromatic N) is 1. The monoisotopic (exact) mass is 268 g/mol. The molecule has 1 heterocycles. The molecule has 0 aliphatic heterocycles. The number of aromatic nitrogens is 1. The Hall–Kier alpha value is -2.16. The minimum atomic E-state index is -0.0955. The fraction of sp³-hybridized carbons (Fsp3) is 0.294. The Morgan fingerprint density at radius 2 is 1.80 bits per heavy atom. The Kier molecular flexibility index (Phi) is 4.18. The Morgan fingerprint density at radius 1 is 1.10 bits per heavy atom. The Morgan fingerprint density at radius 3 is 2.35 bits per heavy atom. The molecule has 0 bridgehead atoms. The molecule has 2 rings (SSSR count). The number of hydrogen-bond acceptors (Lipinski definition) is 2. The molecule has 1 amide bonds. The smallest absolute Gasteiger partial charge is 0.253 e. The summed E-state index contributed by atoms with van der Waals surface area (Å²) in [4.78, 5) is 16.4. The van der Waals surface area contributed by atoms with Crippen molar-refractivity contribution in [2.45, 2.75) is 32.7 Å². The highest BCUT2D eigenvalue weighted by molar-refractivity contribution is 5.93. The molecular formula is C17H20N2O. The summed E-state index contributed by atoms with van der Waals surface area (Å²) in [7, 11) is 0. The van der Waals surface area contributed by atoms with Gasteiger partial charge in [0.25, 0.3) is 5.91 Å². The first-order chi connectivity index (χ1) is 9.47. The SMILES string of the molecule is CC(C)(C)c1ccc(C(=O)NCc2ccccc2)cn1. The van der Waals surface area contributed by atoms with Crippen LogP contribution in [-0.2, 0) is 12.0 Å². The van der Waals surface area contributed by atoms with Gasteiger partial charge < -0.3 is 5.32 Å². The average molecular weight is 268 g/mol. The van der Waals surface area contributed by atoms with Crippen molar-refractivity contribution in [3.63, 3.8) is 0 Å². The molecule has 0 unspecified atom stereocenters. The standard InChI is InChI=1S/C17H20N2O/c1-17(2,3)15-10-9-14(12-18-15)16(20)19-11-13-7-5-4-6-8-13/h4-10,12H,11H2,1-3H3,(H,19,20). The maximum atomic E-state index is 12.0. The largest absolute Gasteiger partial charge is 0.348 e. The third-order valence-corrected chi connectivity index (χ3v) is 3.09. The number of benzene rings is 1. The van der Waals surface area contributed by atoms with E-state index in [0.29, 0.717) is 12.1 Å². The second-order valence-electron chi connectivity index (χ2n) is 5.85. The molecule has 1 aromatic heterocycles. The van der Waals surface area contributed by atoms with Crippen LogP contribution in [0.4, 0.5) is 0 Å². The number of pyridine rings is 1. The molecule has 3 nitrogen and oxygen atoms in total. The highest BCUT2D eigenvalue weighted by Gasteiger charge is 2.15. The molecule has 0 aliphatic rings. The molecule has 104 valence electrons. The van der Waals surface area contributed by atoms with E-state index in [-0.39, 0.29) is 11.3 Å². The number of nitrogens with one attached hydrogen (secondary N) is 1. The minimum absolute atomic E-state index is 0.000948. The van der Waals surface area contributed by atoms with Crippen LogP contribution in [-0.4, -0.2) is 10.9 Å². The van der Waals surface area contributed by atoms with Crippen LogP contribution in [0.5, 0.6) is 0 Å². The van der Waals surface area contributed by atoms with Crippen molar-refractivity contribution in [2.24, 2.45) is 0 Å². The van der Waals surface area contributed by atoms with E-state index in [1.165, 1.54) is 0 Å². The van der Waals surface area contributed by atoms with E-state index in [2.05, 4.69) is 31.1 Å². The molecule has 20 heavy (non-hydrogen) atoms. The third-order valence-electron chi connectivity index (χ3n) is 3.09. The Balaban J connectivity index is 1.99. The molecule has 0 spiro atoms. The summed E-state index contributed by atoms with van der Waals surface area (Å²) in [6, 6.07) is 13.6. The molecule has 0 aliphatic carbocycles. The first-order valence-electron chi connectivity index (χ1n) is 6.75. The molecule has 0 saturated carbocycles. The normalized spacial score (nSPS) is 11.2. The summed E-state index contributed by atoms with van der Waals surface area (Å²) in [6.45, 7) is 6.83. The summed E-state index contributed by atoms with van der Waals surface area (Å²) < 4.78 is 0. The second-order valence-corrected chi connectivity index (χ2v) is 5.85. The zero-order chi connectivity index (χ0) is 14.6. The summed E-state index contributed by atoms with van der Waals surface area (Å²) in [5, 5.41) is 2.89. The fourth-order valence-electron chi connectivity index (χ4n) is 1.85. The molecule has 0 radical (unpaired) electrons. The number of rotatable bonds is 3. The van der Waals surface area contributed by atoms with Crippen molar-refractivity contribution in [1.29, 1.82) is 0 Å². The van der Waals surface area contributed by atoms with Gasteiger partial charge in [0.1, 0.15) is 0 Å². The molecule has 2 aromatic rings. The molecule has 3 heteroatoms. The van der Waals surface area contributed by atoms with E-state index in [4.69, 9.17) is 0 Å². The number of carbonyl (C=O) groups excluding carboxylic acids is 1. The number of carbonyl (C=O) groups is 1. The van der Waals surface area contributed by atoms with Crippen LogP contribution in [0.2, 0.25) is 0 Å². The van der Waals surface area contributed by atoms with Crippen LogP contribution >= 0.6 is 0 Å². The Labute approximate surface area is 120 Å². The van der Waals surface area contributed by atoms with Gasteiger partial charge in [-0.1, -0.05) is 51.1 Å². The van der Waals surface area contributed by atoms with Gasteiger partial charge in [0.2, 0.25) is 0 Å². The lowest BCUT2D eigenvalue weighted by molar-refractivity contribution is 0.0950. The van der Waals surface area contributed by atoms with Gasteiger partial charge in [-0.25, -0.2) is 0 Å². The molecule has 1 aromatic carbocycles. The topological polar surface area (TPSA) is 42.0 Å². The van der Waals surface area contributed by atoms with E-state index in [0.717, 1.165) is 11.3 Å². The molecule has 0 fully saturated rings. The highest BCUT2D eigenvalue weighted by Crippen LogP contribution is 2.19. The summed E-state index contributed by atoms with van der Waals surface area (Å²) >= 11 is 0. The fourth-order valence-corrected chi connectivity index (χ4v) is 1.85. The first-order valence-corrected chi connectivity index (χ1v) is 6.75. The van der Waals surface area contributed by atoms with Crippen LogP contribution in [0.25, 0.3) is 0 Å². The van der Waals surface area contributed by atoms with Gasteiger partial charge >= 0.3 is 0 Å². The van der Waals surface area contributed by atoms with E-state index in [9.17, 15) is 4.79 Å². The van der Waals surface area contributed by atoms with E-state index in [1.807, 2.05) is 42.5 Å². The van der Waals surface area contributed by atoms with E-state index < -0.39 is 0 Å². The van der Waals surface area contributed by atoms with Crippen molar-refractivity contribution >= 4 is 5.91 Å². The lowest BCUT2D eigenvalue weighted by Gasteiger charge is -2.17. The predicted molar refractivity (Wildman–Crippen MR) is 80.5 cm³/mol. The molecular weight excluding hydrogens is 248 g/mol. The zero-order valence-electron chi connectivity index (χ0n) is 12.2. The summed E-state index contributed by atoms with van der Waals surface area (Å²) in [5.41, 5.74) is 2.66. The Bertz CT molecular complexity index is 568. The lowest BCUT2D eigenvalue weighted by atomic mass is 9.91. The molecule has 0 atom stereocenters. The quantitative estimate of drug-likeness (QED) is 0.928. The average Bonchev–Trinajstić information content (AvgIpc) is 2.45. The minimum Gasteiger partial charge on any atom is -0.348 e. The van der Waals surface area contributed by atoms with Crippen molar-refractivity contribution in [1.82, 2.24) is 10.3 Å². The first kappa shape index (κ1) is 14.3. The summed E-state index contributed by atoms with van der Waals surface area (Å²) in [6.07, 6.45) is 1.64. The van der Waals surface area contributed by atoms with E-state index >= 15 is 0 Å². The number of hydrogen-bond donors (Lipinski definition) is 1. The van der Waals surface area contributed by atoms with Gasteiger partial charge in [0.15, 0.2) is 0 Å². The van der Waals surface area contributed by atoms with Crippen molar-refractivity contribution in [3.8, 4) is 0 Å². The van der Waals surface area contributed by atoms with Gasteiger partial charge in [0, 0.05) is 23.9 Å². The van der Waals surface area contributed by atoms with Crippen molar-refractivity contribution in [3.05, 3.63) is 65.5 Å². The van der Waals surface area contributed by atoms with Gasteiger partial charge in [-0.15, -0.1) is 0 Å². The molecule has 1 N–H and O–H groups in total. The van der Waals surface area contributed by atoms with Crippen LogP contribution in [0.3, 0.4) is 0 Å². The number of amides is 1. The van der Waals surface area contributed by atoms with Gasteiger partial charge in [0.05, 0.1) is 5.56 Å². The predicted octanol–water partition coefficient (Wildman–Crippen LogP) is 3.31. The highest BCUT2D eigenvalue weighted by atomic mass is 16.1. The maximum Gasteiger partial charge on any atom is 0.253 e. The van der Waals surface area contributed by atoms with Gasteiger partial charge in [-0.2, -0.15) is 0 Å². The van der Waals surface area contributed by atoms with Crippen molar-refractivity contribution < 1.29 is 4.79 Å². The van der Waals surface area contributed by atoms with Crippen LogP contribution in [0, 0.1) is 0 Å². The van der Waals surface area contributed by atoms with Gasteiger partial charge in [-0.3, -0.25) is 9.78 Å². The van der Waals surface area contributed by atoms with Gasteiger partial charge in [-0.05, 0) is 17.7 Å². The van der Waals surface area contributed by atoms with Crippen LogP contribution in [0.1, 0.15) is 42.4 Å². The third kappa shape index (κ3) is 3.67. The lowest BCUT2D eigenvalue weighted by Crippen LogP contribution is -2.23. The van der Waals surface area contributed by atoms with Crippen LogP contribution in [0.15, 0.2) is 48.7 Å². The summed E-state index contributed by atoms with van der Waals surface area (Å²) in [5.74, 6) is -0.0955. The van der Waals surface area contributed by atoms with Crippen molar-refractivity contribution in [2.75, 3.05) is 0 Å². The zero-order valence-corrected chi connectivity index (χ0v) is 12.2. The molecule has 0 saturated heterocycles. The van der Waals surface area contributed by atoms with Crippen LogP contribution < -0.4 is 5.32 Å². The second kappa shape index (κ2) is 5.87. The maximum absolute atomic E-state index is 12.0. The van der Waals surface area contributed by atoms with E-state index in [1.54, 1.807) is 6.20 Å².